The molecule has 188 valence electrons. The van der Waals surface area contributed by atoms with Crippen LogP contribution in [0.15, 0.2) is 48.5 Å². The molecule has 0 bridgehead atoms. The normalized spacial score (nSPS) is 11.4. The predicted octanol–water partition coefficient (Wildman–Crippen LogP) is 4.02. The van der Waals surface area contributed by atoms with Crippen molar-refractivity contribution in [1.82, 2.24) is 0 Å². The second-order valence-electron chi connectivity index (χ2n) is 7.89. The van der Waals surface area contributed by atoms with Gasteiger partial charge < -0.3 is 34.6 Å². The van der Waals surface area contributed by atoms with Crippen LogP contribution in [-0.4, -0.2) is 44.4 Å². The van der Waals surface area contributed by atoms with Crippen molar-refractivity contribution >= 4 is 17.9 Å². The fourth-order valence-corrected chi connectivity index (χ4v) is 3.53. The third kappa shape index (κ3) is 5.84. The molecular formula is C26H24O10. The molecule has 0 aliphatic rings. The number of phenols is 4. The van der Waals surface area contributed by atoms with E-state index in [1.165, 1.54) is 62.4 Å². The van der Waals surface area contributed by atoms with E-state index in [4.69, 9.17) is 14.2 Å². The van der Waals surface area contributed by atoms with Crippen LogP contribution in [0.5, 0.6) is 34.5 Å². The van der Waals surface area contributed by atoms with Crippen molar-refractivity contribution in [2.24, 2.45) is 0 Å². The summed E-state index contributed by atoms with van der Waals surface area (Å²) in [5, 5.41) is 41.8. The highest BCUT2D eigenvalue weighted by Gasteiger charge is 2.30. The summed E-state index contributed by atoms with van der Waals surface area (Å²) in [6.45, 7) is 3.76. The first kappa shape index (κ1) is 25.9. The number of phenolic OH excluding ortho intramolecular Hbond substituents is 4. The van der Waals surface area contributed by atoms with Gasteiger partial charge in [-0.1, -0.05) is 24.3 Å². The zero-order valence-corrected chi connectivity index (χ0v) is 19.6. The maximum Gasteiger partial charge on any atom is 0.315 e. The number of benzene rings is 3. The number of carbonyl (C=O) groups is 3. The van der Waals surface area contributed by atoms with Crippen LogP contribution in [0.4, 0.5) is 0 Å². The fourth-order valence-electron chi connectivity index (χ4n) is 3.53. The molecule has 3 aromatic rings. The Morgan fingerprint density at radius 3 is 1.50 bits per heavy atom. The lowest BCUT2D eigenvalue weighted by Crippen LogP contribution is -2.20. The Morgan fingerprint density at radius 2 is 1.11 bits per heavy atom. The lowest BCUT2D eigenvalue weighted by Gasteiger charge is -2.21. The van der Waals surface area contributed by atoms with Crippen LogP contribution in [0.1, 0.15) is 27.2 Å². The average Bonchev–Trinajstić information content (AvgIpc) is 2.78. The first-order valence-corrected chi connectivity index (χ1v) is 10.7. The number of aromatic hydroxyl groups is 4. The molecule has 0 saturated carbocycles. The standard InChI is InChI=1S/C26H24O10/c1-13(34-14(2)27)12-20(31)36-26-22(17-6-10-19(30)11-7-17)23(32)25(35-15(3)28)21(24(26)33)16-4-8-18(29)9-5-16/h4-11,13,29-30,32-33H,12H2,1-3H3/t13-/m1/s1. The topological polar surface area (TPSA) is 160 Å². The van der Waals surface area contributed by atoms with E-state index in [-0.39, 0.29) is 40.2 Å². The van der Waals surface area contributed by atoms with Gasteiger partial charge in [0.1, 0.15) is 17.6 Å². The van der Waals surface area contributed by atoms with Crippen LogP contribution in [0.25, 0.3) is 22.3 Å². The van der Waals surface area contributed by atoms with Crippen LogP contribution in [-0.2, 0) is 19.1 Å². The highest BCUT2D eigenvalue weighted by Crippen LogP contribution is 2.56. The molecule has 0 aromatic heterocycles. The van der Waals surface area contributed by atoms with Crippen molar-refractivity contribution in [3.05, 3.63) is 48.5 Å². The number of ether oxygens (including phenoxy) is 3. The molecule has 0 spiro atoms. The molecule has 0 aliphatic carbocycles. The minimum Gasteiger partial charge on any atom is -0.508 e. The average molecular weight is 496 g/mol. The van der Waals surface area contributed by atoms with Gasteiger partial charge in [0, 0.05) is 13.8 Å². The highest BCUT2D eigenvalue weighted by molar-refractivity contribution is 5.95. The number of hydrogen-bond donors (Lipinski definition) is 4. The molecular weight excluding hydrogens is 472 g/mol. The van der Waals surface area contributed by atoms with Crippen molar-refractivity contribution in [3.63, 3.8) is 0 Å². The first-order chi connectivity index (χ1) is 17.0. The summed E-state index contributed by atoms with van der Waals surface area (Å²) in [7, 11) is 0. The van der Waals surface area contributed by atoms with Crippen molar-refractivity contribution in [2.45, 2.75) is 33.3 Å². The van der Waals surface area contributed by atoms with Gasteiger partial charge in [-0.05, 0) is 42.3 Å². The van der Waals surface area contributed by atoms with Crippen LogP contribution in [0, 0.1) is 0 Å². The van der Waals surface area contributed by atoms with Gasteiger partial charge in [0.15, 0.2) is 23.0 Å². The summed E-state index contributed by atoms with van der Waals surface area (Å²) in [5.74, 6) is -4.61. The Hall–Kier alpha value is -4.73. The smallest absolute Gasteiger partial charge is 0.315 e. The number of rotatable bonds is 7. The first-order valence-electron chi connectivity index (χ1n) is 10.7. The lowest BCUT2D eigenvalue weighted by molar-refractivity contribution is -0.149. The second-order valence-corrected chi connectivity index (χ2v) is 7.89. The largest absolute Gasteiger partial charge is 0.508 e. The van der Waals surface area contributed by atoms with Crippen molar-refractivity contribution in [2.75, 3.05) is 0 Å². The molecule has 0 saturated heterocycles. The summed E-state index contributed by atoms with van der Waals surface area (Å²) in [4.78, 5) is 35.7. The second kappa shape index (κ2) is 10.7. The minimum absolute atomic E-state index is 0.0803. The van der Waals surface area contributed by atoms with Gasteiger partial charge in [-0.15, -0.1) is 0 Å². The lowest BCUT2D eigenvalue weighted by atomic mass is 9.95. The quantitative estimate of drug-likeness (QED) is 0.214. The molecule has 36 heavy (non-hydrogen) atoms. The van der Waals surface area contributed by atoms with Gasteiger partial charge in [0.25, 0.3) is 0 Å². The molecule has 10 heteroatoms. The predicted molar refractivity (Wildman–Crippen MR) is 127 cm³/mol. The van der Waals surface area contributed by atoms with Gasteiger partial charge >= 0.3 is 17.9 Å². The zero-order valence-electron chi connectivity index (χ0n) is 19.6. The number of carbonyl (C=O) groups excluding carboxylic acids is 3. The van der Waals surface area contributed by atoms with E-state index in [1.54, 1.807) is 0 Å². The summed E-state index contributed by atoms with van der Waals surface area (Å²) < 4.78 is 15.6. The third-order valence-electron chi connectivity index (χ3n) is 4.95. The molecule has 0 amide bonds. The van der Waals surface area contributed by atoms with E-state index >= 15 is 0 Å². The fraction of sp³-hybridized carbons (Fsp3) is 0.192. The molecule has 0 unspecified atom stereocenters. The molecule has 0 fully saturated rings. The molecule has 1 atom stereocenters. The van der Waals surface area contributed by atoms with Crippen LogP contribution < -0.4 is 9.47 Å². The van der Waals surface area contributed by atoms with Crippen LogP contribution >= 0.6 is 0 Å². The molecule has 10 nitrogen and oxygen atoms in total. The summed E-state index contributed by atoms with van der Waals surface area (Å²) in [5.41, 5.74) is 0.0580. The SMILES string of the molecule is CC(=O)Oc1c(O)c(-c2ccc(O)cc2)c(OC(=O)C[C@@H](C)OC(C)=O)c(O)c1-c1ccc(O)cc1. The molecule has 0 aliphatic heterocycles. The molecule has 3 rings (SSSR count). The monoisotopic (exact) mass is 496 g/mol. The van der Waals surface area contributed by atoms with Crippen LogP contribution in [0.3, 0.4) is 0 Å². The molecule has 0 heterocycles. The van der Waals surface area contributed by atoms with Crippen molar-refractivity contribution in [3.8, 4) is 56.8 Å². The maximum atomic E-state index is 12.7. The van der Waals surface area contributed by atoms with Gasteiger partial charge in [-0.25, -0.2) is 0 Å². The Labute approximate surface area is 205 Å². The molecule has 3 aromatic carbocycles. The van der Waals surface area contributed by atoms with E-state index in [9.17, 15) is 34.8 Å². The van der Waals surface area contributed by atoms with Gasteiger partial charge in [-0.2, -0.15) is 0 Å². The summed E-state index contributed by atoms with van der Waals surface area (Å²) in [6.07, 6.45) is -1.20. The van der Waals surface area contributed by atoms with Gasteiger partial charge in [0.2, 0.25) is 0 Å². The Bertz CT molecular complexity index is 1290. The molecule has 4 N–H and O–H groups in total. The Kier molecular flexibility index (Phi) is 7.68. The summed E-state index contributed by atoms with van der Waals surface area (Å²) >= 11 is 0. The zero-order chi connectivity index (χ0) is 26.6. The van der Waals surface area contributed by atoms with Gasteiger partial charge in [-0.3, -0.25) is 14.4 Å². The minimum atomic E-state index is -0.893. The Morgan fingerprint density at radius 1 is 0.694 bits per heavy atom. The van der Waals surface area contributed by atoms with E-state index in [1.807, 2.05) is 0 Å². The summed E-state index contributed by atoms with van der Waals surface area (Å²) in [6, 6.07) is 10.8. The van der Waals surface area contributed by atoms with E-state index in [2.05, 4.69) is 0 Å². The molecule has 0 radical (unpaired) electrons. The van der Waals surface area contributed by atoms with E-state index in [0.717, 1.165) is 6.92 Å². The number of esters is 3. The van der Waals surface area contributed by atoms with Crippen molar-refractivity contribution < 1.29 is 49.0 Å². The van der Waals surface area contributed by atoms with E-state index in [0.29, 0.717) is 0 Å². The maximum absolute atomic E-state index is 12.7. The number of hydrogen-bond acceptors (Lipinski definition) is 10. The third-order valence-corrected chi connectivity index (χ3v) is 4.95. The highest BCUT2D eigenvalue weighted by atomic mass is 16.6. The Balaban J connectivity index is 2.26. The van der Waals surface area contributed by atoms with Gasteiger partial charge in [0.05, 0.1) is 17.5 Å². The van der Waals surface area contributed by atoms with Crippen LogP contribution in [0.2, 0.25) is 0 Å². The van der Waals surface area contributed by atoms with Crippen molar-refractivity contribution in [1.29, 1.82) is 0 Å². The van der Waals surface area contributed by atoms with E-state index < -0.39 is 47.0 Å².